The molecule has 0 saturated heterocycles. The van der Waals surface area contributed by atoms with Gasteiger partial charge in [-0.3, -0.25) is 4.79 Å². The predicted octanol–water partition coefficient (Wildman–Crippen LogP) is 3.95. The van der Waals surface area contributed by atoms with Crippen molar-refractivity contribution in [3.8, 4) is 0 Å². The van der Waals surface area contributed by atoms with Gasteiger partial charge in [-0.1, -0.05) is 87.3 Å². The van der Waals surface area contributed by atoms with Crippen molar-refractivity contribution < 1.29 is 45.3 Å². The van der Waals surface area contributed by atoms with Crippen LogP contribution < -0.4 is 0 Å². The summed E-state index contributed by atoms with van der Waals surface area (Å²) in [6.45, 7) is 5.62. The highest BCUT2D eigenvalue weighted by atomic mass is 16.5. The van der Waals surface area contributed by atoms with E-state index in [1.807, 2.05) is 42.5 Å². The van der Waals surface area contributed by atoms with E-state index in [4.69, 9.17) is 4.74 Å². The van der Waals surface area contributed by atoms with Crippen molar-refractivity contribution in [3.05, 3.63) is 60.3 Å². The quantitative estimate of drug-likeness (QED) is 0.177. The molecule has 0 fully saturated rings. The summed E-state index contributed by atoms with van der Waals surface area (Å²) in [6, 6.07) is 0. The number of aliphatic hydroxyl groups is 7. The number of carbonyl (C=O) groups excluding carboxylic acids is 1. The van der Waals surface area contributed by atoms with Crippen LogP contribution in [0.1, 0.15) is 97.8 Å². The van der Waals surface area contributed by atoms with E-state index in [9.17, 15) is 40.5 Å². The van der Waals surface area contributed by atoms with E-state index < -0.39 is 60.7 Å². The van der Waals surface area contributed by atoms with Gasteiger partial charge in [0, 0.05) is 19.3 Å². The van der Waals surface area contributed by atoms with Gasteiger partial charge in [0.25, 0.3) is 0 Å². The fourth-order valence-corrected chi connectivity index (χ4v) is 5.20. The van der Waals surface area contributed by atoms with E-state index in [1.165, 1.54) is 0 Å². The van der Waals surface area contributed by atoms with Gasteiger partial charge in [0.05, 0.1) is 48.6 Å². The molecule has 0 aromatic heterocycles. The molecule has 0 aromatic rings. The molecule has 9 heteroatoms. The molecule has 9 atom stereocenters. The molecule has 0 aromatic carbocycles. The summed E-state index contributed by atoms with van der Waals surface area (Å²) < 4.78 is 5.65. The standard InChI is InChI=1S/C35H58O9/c1-4-5-6-15-18-32-34(42)24-31(40)22-29(38)20-27(36)19-28(37)21-30(39)23-33(41)25(2)16-13-11-9-7-8-10-12-14-17-26(3)44-35(32)43/h7-14,16,26-34,36-42H,4-6,15,17-24H2,1-3H3. The third-order valence-electron chi connectivity index (χ3n) is 7.79. The highest BCUT2D eigenvalue weighted by Gasteiger charge is 2.31. The maximum Gasteiger partial charge on any atom is 0.311 e. The molecule has 0 bridgehead atoms. The molecule has 0 radical (unpaired) electrons. The molecule has 252 valence electrons. The Balaban J connectivity index is 3.01. The van der Waals surface area contributed by atoms with Crippen LogP contribution in [0, 0.1) is 5.92 Å². The van der Waals surface area contributed by atoms with E-state index in [-0.39, 0.29) is 38.5 Å². The predicted molar refractivity (Wildman–Crippen MR) is 172 cm³/mol. The Hall–Kier alpha value is -2.11. The maximum absolute atomic E-state index is 13.1. The first-order chi connectivity index (χ1) is 20.9. The Morgan fingerprint density at radius 2 is 1.18 bits per heavy atom. The first kappa shape index (κ1) is 39.9. The lowest BCUT2D eigenvalue weighted by Gasteiger charge is -2.26. The number of allylic oxidation sites excluding steroid dienone is 8. The van der Waals surface area contributed by atoms with Crippen molar-refractivity contribution >= 4 is 5.97 Å². The largest absolute Gasteiger partial charge is 0.462 e. The molecule has 9 unspecified atom stereocenters. The second-order valence-corrected chi connectivity index (χ2v) is 12.2. The Bertz CT molecular complexity index is 925. The molecule has 1 rings (SSSR count). The summed E-state index contributed by atoms with van der Waals surface area (Å²) in [6.07, 6.45) is 12.7. The number of ether oxygens (including phenoxy) is 1. The third-order valence-corrected chi connectivity index (χ3v) is 7.79. The zero-order chi connectivity index (χ0) is 32.9. The van der Waals surface area contributed by atoms with Gasteiger partial charge in [-0.2, -0.15) is 0 Å². The first-order valence-electron chi connectivity index (χ1n) is 16.2. The van der Waals surface area contributed by atoms with Crippen LogP contribution >= 0.6 is 0 Å². The Labute approximate surface area is 264 Å². The van der Waals surface area contributed by atoms with Crippen LogP contribution in [-0.4, -0.2) is 90.5 Å². The van der Waals surface area contributed by atoms with Crippen LogP contribution in [0.4, 0.5) is 0 Å². The van der Waals surface area contributed by atoms with Gasteiger partial charge in [0.1, 0.15) is 6.10 Å². The van der Waals surface area contributed by atoms with Crippen LogP contribution in [0.3, 0.4) is 0 Å². The number of hydrogen-bond acceptors (Lipinski definition) is 9. The van der Waals surface area contributed by atoms with Crippen molar-refractivity contribution in [1.82, 2.24) is 0 Å². The molecule has 0 aliphatic carbocycles. The fourth-order valence-electron chi connectivity index (χ4n) is 5.20. The topological polar surface area (TPSA) is 168 Å². The average Bonchev–Trinajstić information content (AvgIpc) is 2.92. The SMILES string of the molecule is CCCCCCC1C(=O)OC(C)CC=CC=CC=CC=CC=C(C)C(O)CC(O)CC(O)CC(O)CC(O)CC(O)CC1O. The van der Waals surface area contributed by atoms with E-state index in [0.717, 1.165) is 25.7 Å². The monoisotopic (exact) mass is 622 g/mol. The summed E-state index contributed by atoms with van der Waals surface area (Å²) in [7, 11) is 0. The van der Waals surface area contributed by atoms with Gasteiger partial charge in [-0.25, -0.2) is 0 Å². The molecule has 1 aliphatic rings. The zero-order valence-corrected chi connectivity index (χ0v) is 26.8. The smallest absolute Gasteiger partial charge is 0.311 e. The van der Waals surface area contributed by atoms with E-state index in [1.54, 1.807) is 26.0 Å². The minimum Gasteiger partial charge on any atom is -0.462 e. The number of esters is 1. The minimum atomic E-state index is -1.16. The minimum absolute atomic E-state index is 0.0249. The molecule has 1 aliphatic heterocycles. The average molecular weight is 623 g/mol. The van der Waals surface area contributed by atoms with Crippen molar-refractivity contribution in [2.75, 3.05) is 0 Å². The van der Waals surface area contributed by atoms with Crippen LogP contribution in [0.2, 0.25) is 0 Å². The number of aliphatic hydroxyl groups excluding tert-OH is 7. The summed E-state index contributed by atoms with van der Waals surface area (Å²) in [5.74, 6) is -1.32. The van der Waals surface area contributed by atoms with Crippen LogP contribution in [0.5, 0.6) is 0 Å². The molecule has 1 heterocycles. The number of rotatable bonds is 5. The molecule has 0 spiro atoms. The van der Waals surface area contributed by atoms with E-state index in [0.29, 0.717) is 18.4 Å². The summed E-state index contributed by atoms with van der Waals surface area (Å²) in [5, 5.41) is 73.5. The second kappa shape index (κ2) is 23.3. The second-order valence-electron chi connectivity index (χ2n) is 12.2. The fraction of sp³-hybridized carbons (Fsp3) is 0.686. The zero-order valence-electron chi connectivity index (χ0n) is 26.8. The Morgan fingerprint density at radius 1 is 0.682 bits per heavy atom. The first-order valence-corrected chi connectivity index (χ1v) is 16.2. The molecule has 0 saturated carbocycles. The number of hydrogen-bond donors (Lipinski definition) is 7. The molecule has 44 heavy (non-hydrogen) atoms. The number of cyclic esters (lactones) is 1. The lowest BCUT2D eigenvalue weighted by Crippen LogP contribution is -2.35. The van der Waals surface area contributed by atoms with Gasteiger partial charge in [0.15, 0.2) is 0 Å². The van der Waals surface area contributed by atoms with Crippen molar-refractivity contribution in [1.29, 1.82) is 0 Å². The highest BCUT2D eigenvalue weighted by molar-refractivity contribution is 5.73. The Morgan fingerprint density at radius 3 is 1.75 bits per heavy atom. The number of carbonyl (C=O) groups is 1. The molecule has 9 nitrogen and oxygen atoms in total. The van der Waals surface area contributed by atoms with Crippen LogP contribution in [0.15, 0.2) is 60.3 Å². The van der Waals surface area contributed by atoms with Gasteiger partial charge in [-0.05, 0) is 51.5 Å². The molecule has 0 amide bonds. The van der Waals surface area contributed by atoms with Crippen molar-refractivity contribution in [3.63, 3.8) is 0 Å². The van der Waals surface area contributed by atoms with Gasteiger partial charge in [-0.15, -0.1) is 0 Å². The maximum atomic E-state index is 13.1. The highest BCUT2D eigenvalue weighted by Crippen LogP contribution is 2.23. The van der Waals surface area contributed by atoms with Crippen LogP contribution in [0.25, 0.3) is 0 Å². The van der Waals surface area contributed by atoms with E-state index >= 15 is 0 Å². The van der Waals surface area contributed by atoms with Gasteiger partial charge < -0.3 is 40.5 Å². The molecular formula is C35H58O9. The molecular weight excluding hydrogens is 564 g/mol. The normalized spacial score (nSPS) is 33.3. The van der Waals surface area contributed by atoms with Crippen molar-refractivity contribution in [2.45, 2.75) is 147 Å². The number of unbranched alkanes of at least 4 members (excludes halogenated alkanes) is 3. The summed E-state index contributed by atoms with van der Waals surface area (Å²) in [4.78, 5) is 13.1. The van der Waals surface area contributed by atoms with Crippen LogP contribution in [-0.2, 0) is 9.53 Å². The lowest BCUT2D eigenvalue weighted by molar-refractivity contribution is -0.158. The summed E-state index contributed by atoms with van der Waals surface area (Å²) >= 11 is 0. The van der Waals surface area contributed by atoms with Crippen molar-refractivity contribution in [2.24, 2.45) is 5.92 Å². The van der Waals surface area contributed by atoms with Gasteiger partial charge >= 0.3 is 5.97 Å². The van der Waals surface area contributed by atoms with Gasteiger partial charge in [0.2, 0.25) is 0 Å². The molecule has 7 N–H and O–H groups in total. The third kappa shape index (κ3) is 18.6. The van der Waals surface area contributed by atoms with E-state index in [2.05, 4.69) is 6.92 Å². The Kier molecular flexibility index (Phi) is 21.1. The lowest BCUT2D eigenvalue weighted by atomic mass is 9.90. The summed E-state index contributed by atoms with van der Waals surface area (Å²) in [5.41, 5.74) is 0.652.